The Balaban J connectivity index is 1.71. The first-order chi connectivity index (χ1) is 8.68. The molecular formula is C15H23NO2. The quantitative estimate of drug-likeness (QED) is 0.757. The first-order valence-corrected chi connectivity index (χ1v) is 6.75. The summed E-state index contributed by atoms with van der Waals surface area (Å²) in [5.41, 5.74) is 0.0161. The first-order valence-electron chi connectivity index (χ1n) is 6.75. The largest absolute Gasteiger partial charge is 0.383 e. The smallest absolute Gasteiger partial charge is 0.110 e. The van der Waals surface area contributed by atoms with Crippen molar-refractivity contribution in [1.29, 1.82) is 0 Å². The Bertz CT molecular complexity index is 345. The minimum atomic E-state index is -0.894. The molecule has 2 N–H and O–H groups in total. The van der Waals surface area contributed by atoms with E-state index in [0.29, 0.717) is 6.61 Å². The number of hydrogen-bond donors (Lipinski definition) is 2. The van der Waals surface area contributed by atoms with Gasteiger partial charge in [-0.15, -0.1) is 0 Å². The summed E-state index contributed by atoms with van der Waals surface area (Å²) in [7, 11) is 0. The minimum Gasteiger partial charge on any atom is -0.383 e. The van der Waals surface area contributed by atoms with Crippen LogP contribution in [0.3, 0.4) is 0 Å². The molecule has 2 atom stereocenters. The lowest BCUT2D eigenvalue weighted by atomic mass is 9.97. The summed E-state index contributed by atoms with van der Waals surface area (Å²) in [5.74, 6) is 0.742. The van der Waals surface area contributed by atoms with E-state index in [0.717, 1.165) is 37.6 Å². The molecule has 0 aromatic heterocycles. The highest BCUT2D eigenvalue weighted by molar-refractivity contribution is 5.21. The fourth-order valence-electron chi connectivity index (χ4n) is 2.36. The van der Waals surface area contributed by atoms with E-state index in [1.54, 1.807) is 6.92 Å². The Labute approximate surface area is 109 Å². The molecule has 100 valence electrons. The molecule has 2 rings (SSSR count). The molecule has 1 heterocycles. The third-order valence-electron chi connectivity index (χ3n) is 3.61. The monoisotopic (exact) mass is 249 g/mol. The van der Waals surface area contributed by atoms with Crippen molar-refractivity contribution in [2.24, 2.45) is 5.92 Å². The van der Waals surface area contributed by atoms with Gasteiger partial charge in [-0.25, -0.2) is 0 Å². The molecule has 1 aliphatic heterocycles. The van der Waals surface area contributed by atoms with Gasteiger partial charge in [0.25, 0.3) is 0 Å². The van der Waals surface area contributed by atoms with Crippen LogP contribution in [0.15, 0.2) is 30.3 Å². The highest BCUT2D eigenvalue weighted by Gasteiger charge is 2.23. The van der Waals surface area contributed by atoms with Crippen molar-refractivity contribution in [3.05, 3.63) is 35.9 Å². The summed E-state index contributed by atoms with van der Waals surface area (Å²) >= 11 is 0. The Morgan fingerprint density at radius 1 is 1.39 bits per heavy atom. The molecule has 0 radical (unpaired) electrons. The van der Waals surface area contributed by atoms with Crippen LogP contribution in [0.2, 0.25) is 0 Å². The van der Waals surface area contributed by atoms with Gasteiger partial charge >= 0.3 is 0 Å². The number of ether oxygens (including phenoxy) is 1. The molecule has 3 heteroatoms. The van der Waals surface area contributed by atoms with Crippen LogP contribution in [0.1, 0.15) is 25.3 Å². The lowest BCUT2D eigenvalue weighted by Crippen LogP contribution is -2.28. The van der Waals surface area contributed by atoms with E-state index < -0.39 is 5.60 Å². The van der Waals surface area contributed by atoms with Crippen molar-refractivity contribution in [1.82, 2.24) is 5.32 Å². The van der Waals surface area contributed by atoms with Gasteiger partial charge < -0.3 is 15.2 Å². The maximum atomic E-state index is 10.3. The molecule has 1 aromatic carbocycles. The second-order valence-corrected chi connectivity index (χ2v) is 5.34. The van der Waals surface area contributed by atoms with Gasteiger partial charge in [-0.05, 0) is 44.3 Å². The van der Waals surface area contributed by atoms with Crippen molar-refractivity contribution < 1.29 is 9.84 Å². The van der Waals surface area contributed by atoms with E-state index in [2.05, 4.69) is 5.32 Å². The van der Waals surface area contributed by atoms with Crippen LogP contribution < -0.4 is 5.32 Å². The van der Waals surface area contributed by atoms with Gasteiger partial charge in [-0.2, -0.15) is 0 Å². The summed E-state index contributed by atoms with van der Waals surface area (Å²) < 4.78 is 5.64. The van der Waals surface area contributed by atoms with Crippen molar-refractivity contribution in [2.75, 3.05) is 26.3 Å². The summed E-state index contributed by atoms with van der Waals surface area (Å²) in [6, 6.07) is 9.70. The van der Waals surface area contributed by atoms with Gasteiger partial charge in [0, 0.05) is 6.61 Å². The predicted octanol–water partition coefficient (Wildman–Crippen LogP) is 1.91. The fraction of sp³-hybridized carbons (Fsp3) is 0.600. The summed E-state index contributed by atoms with van der Waals surface area (Å²) in [5, 5.41) is 13.7. The van der Waals surface area contributed by atoms with Crippen LogP contribution in [-0.4, -0.2) is 31.4 Å². The highest BCUT2D eigenvalue weighted by atomic mass is 16.5. The third-order valence-corrected chi connectivity index (χ3v) is 3.61. The van der Waals surface area contributed by atoms with Gasteiger partial charge in [-0.3, -0.25) is 0 Å². The van der Waals surface area contributed by atoms with Crippen molar-refractivity contribution in [3.8, 4) is 0 Å². The number of hydrogen-bond acceptors (Lipinski definition) is 3. The van der Waals surface area contributed by atoms with Crippen LogP contribution in [0.4, 0.5) is 0 Å². The molecule has 0 saturated carbocycles. The SMILES string of the molecule is CC(O)(COCCC1CCNC1)c1ccccc1. The topological polar surface area (TPSA) is 41.5 Å². The fourth-order valence-corrected chi connectivity index (χ4v) is 2.36. The van der Waals surface area contributed by atoms with Crippen molar-refractivity contribution in [3.63, 3.8) is 0 Å². The molecular weight excluding hydrogens is 226 g/mol. The molecule has 2 unspecified atom stereocenters. The van der Waals surface area contributed by atoms with E-state index >= 15 is 0 Å². The number of aliphatic hydroxyl groups is 1. The third kappa shape index (κ3) is 3.80. The van der Waals surface area contributed by atoms with E-state index in [1.807, 2.05) is 30.3 Å². The second-order valence-electron chi connectivity index (χ2n) is 5.34. The Morgan fingerprint density at radius 3 is 2.83 bits per heavy atom. The average Bonchev–Trinajstić information content (AvgIpc) is 2.89. The molecule has 1 aromatic rings. The molecule has 18 heavy (non-hydrogen) atoms. The summed E-state index contributed by atoms with van der Waals surface area (Å²) in [4.78, 5) is 0. The van der Waals surface area contributed by atoms with Gasteiger partial charge in [0.1, 0.15) is 5.60 Å². The number of nitrogens with one attached hydrogen (secondary N) is 1. The molecule has 0 spiro atoms. The predicted molar refractivity (Wildman–Crippen MR) is 72.4 cm³/mol. The van der Waals surface area contributed by atoms with E-state index in [4.69, 9.17) is 4.74 Å². The summed E-state index contributed by atoms with van der Waals surface area (Å²) in [6.45, 7) is 5.14. The Morgan fingerprint density at radius 2 is 2.17 bits per heavy atom. The number of benzene rings is 1. The molecule has 1 aliphatic rings. The van der Waals surface area contributed by atoms with Crippen LogP contribution in [0.5, 0.6) is 0 Å². The maximum Gasteiger partial charge on any atom is 0.110 e. The standard InChI is InChI=1S/C15H23NO2/c1-15(17,14-5-3-2-4-6-14)12-18-10-8-13-7-9-16-11-13/h2-6,13,16-17H,7-12H2,1H3. The molecule has 1 saturated heterocycles. The molecule has 3 nitrogen and oxygen atoms in total. The van der Waals surface area contributed by atoms with Gasteiger partial charge in [0.2, 0.25) is 0 Å². The van der Waals surface area contributed by atoms with Crippen molar-refractivity contribution in [2.45, 2.75) is 25.4 Å². The van der Waals surface area contributed by atoms with Crippen molar-refractivity contribution >= 4 is 0 Å². The lowest BCUT2D eigenvalue weighted by molar-refractivity contribution is -0.0400. The average molecular weight is 249 g/mol. The van der Waals surface area contributed by atoms with Crippen LogP contribution in [0, 0.1) is 5.92 Å². The molecule has 0 aliphatic carbocycles. The van der Waals surface area contributed by atoms with E-state index in [1.165, 1.54) is 6.42 Å². The number of rotatable bonds is 6. The zero-order chi connectivity index (χ0) is 12.8. The lowest BCUT2D eigenvalue weighted by Gasteiger charge is -2.24. The van der Waals surface area contributed by atoms with E-state index in [9.17, 15) is 5.11 Å². The van der Waals surface area contributed by atoms with Gasteiger partial charge in [-0.1, -0.05) is 30.3 Å². The first kappa shape index (κ1) is 13.5. The molecule has 0 amide bonds. The van der Waals surface area contributed by atoms with Crippen LogP contribution in [-0.2, 0) is 10.3 Å². The minimum absolute atomic E-state index is 0.358. The van der Waals surface area contributed by atoms with Crippen LogP contribution >= 0.6 is 0 Å². The van der Waals surface area contributed by atoms with E-state index in [-0.39, 0.29) is 0 Å². The second kappa shape index (κ2) is 6.32. The highest BCUT2D eigenvalue weighted by Crippen LogP contribution is 2.21. The zero-order valence-corrected chi connectivity index (χ0v) is 11.1. The maximum absolute atomic E-state index is 10.3. The molecule has 1 fully saturated rings. The van der Waals surface area contributed by atoms with Crippen LogP contribution in [0.25, 0.3) is 0 Å². The Kier molecular flexibility index (Phi) is 4.75. The molecule has 0 bridgehead atoms. The normalized spacial score (nSPS) is 22.9. The van der Waals surface area contributed by atoms with Gasteiger partial charge in [0.15, 0.2) is 0 Å². The zero-order valence-electron chi connectivity index (χ0n) is 11.1. The summed E-state index contributed by atoms with van der Waals surface area (Å²) in [6.07, 6.45) is 2.33. The Hall–Kier alpha value is -0.900. The van der Waals surface area contributed by atoms with Gasteiger partial charge in [0.05, 0.1) is 6.61 Å².